The first kappa shape index (κ1) is 19.0. The Labute approximate surface area is 169 Å². The molecule has 0 saturated carbocycles. The molecular formula is C22H24N4O3. The van der Waals surface area contributed by atoms with Crippen molar-refractivity contribution in [1.82, 2.24) is 9.88 Å². The molecule has 2 aromatic carbocycles. The topological polar surface area (TPSA) is 77.7 Å². The maximum atomic E-state index is 12.5. The fourth-order valence-corrected chi connectivity index (χ4v) is 3.48. The number of H-pyrrole nitrogens is 1. The van der Waals surface area contributed by atoms with Crippen molar-refractivity contribution < 1.29 is 14.3 Å². The van der Waals surface area contributed by atoms with Gasteiger partial charge in [0, 0.05) is 41.9 Å². The van der Waals surface area contributed by atoms with E-state index in [1.807, 2.05) is 55.5 Å². The van der Waals surface area contributed by atoms with Crippen molar-refractivity contribution in [3.63, 3.8) is 0 Å². The quantitative estimate of drug-likeness (QED) is 0.676. The molecule has 0 atom stereocenters. The summed E-state index contributed by atoms with van der Waals surface area (Å²) < 4.78 is 5.60. The van der Waals surface area contributed by atoms with Gasteiger partial charge in [0.1, 0.15) is 5.75 Å². The Kier molecular flexibility index (Phi) is 5.22. The monoisotopic (exact) mass is 392 g/mol. The minimum Gasteiger partial charge on any atom is -0.481 e. The van der Waals surface area contributed by atoms with E-state index in [4.69, 9.17) is 4.74 Å². The van der Waals surface area contributed by atoms with Crippen molar-refractivity contribution in [3.8, 4) is 5.75 Å². The molecule has 7 heteroatoms. The number of para-hydroxylation sites is 1. The van der Waals surface area contributed by atoms with Gasteiger partial charge < -0.3 is 24.8 Å². The number of hydrogen-bond acceptors (Lipinski definition) is 4. The number of carbonyl (C=O) groups is 2. The molecular weight excluding hydrogens is 368 g/mol. The summed E-state index contributed by atoms with van der Waals surface area (Å²) in [5, 5.41) is 3.97. The summed E-state index contributed by atoms with van der Waals surface area (Å²) in [6.45, 7) is 1.36. The van der Waals surface area contributed by atoms with E-state index in [2.05, 4.69) is 10.3 Å². The van der Waals surface area contributed by atoms with Gasteiger partial charge in [0.2, 0.25) is 5.91 Å². The molecule has 2 amide bonds. The van der Waals surface area contributed by atoms with Gasteiger partial charge in [0.05, 0.1) is 12.1 Å². The van der Waals surface area contributed by atoms with Crippen LogP contribution < -0.4 is 15.0 Å². The van der Waals surface area contributed by atoms with Crippen LogP contribution in [-0.4, -0.2) is 55.5 Å². The molecule has 150 valence electrons. The number of carbonyl (C=O) groups excluding carboxylic acids is 2. The molecule has 0 radical (unpaired) electrons. The molecule has 0 aliphatic carbocycles. The molecule has 0 fully saturated rings. The maximum Gasteiger partial charge on any atom is 0.265 e. The molecule has 0 bridgehead atoms. The zero-order valence-corrected chi connectivity index (χ0v) is 16.6. The first-order valence-electron chi connectivity index (χ1n) is 9.58. The van der Waals surface area contributed by atoms with Gasteiger partial charge in [-0.25, -0.2) is 0 Å². The molecule has 1 aliphatic heterocycles. The van der Waals surface area contributed by atoms with Gasteiger partial charge in [-0.3, -0.25) is 9.59 Å². The van der Waals surface area contributed by atoms with Crippen LogP contribution >= 0.6 is 0 Å². The number of fused-ring (bicyclic) bond motifs is 2. The van der Waals surface area contributed by atoms with Crippen molar-refractivity contribution in [3.05, 3.63) is 54.2 Å². The average molecular weight is 392 g/mol. The fraction of sp³-hybridized carbons (Fsp3) is 0.273. The van der Waals surface area contributed by atoms with Crippen molar-refractivity contribution in [2.24, 2.45) is 0 Å². The predicted octanol–water partition coefficient (Wildman–Crippen LogP) is 2.64. The van der Waals surface area contributed by atoms with Crippen LogP contribution in [0.15, 0.2) is 48.7 Å². The van der Waals surface area contributed by atoms with Crippen LogP contribution in [0.3, 0.4) is 0 Å². The van der Waals surface area contributed by atoms with Gasteiger partial charge in [0.25, 0.3) is 5.91 Å². The van der Waals surface area contributed by atoms with Crippen LogP contribution in [-0.2, 0) is 16.0 Å². The van der Waals surface area contributed by atoms with Gasteiger partial charge in [-0.15, -0.1) is 0 Å². The van der Waals surface area contributed by atoms with Crippen LogP contribution in [0.25, 0.3) is 10.9 Å². The third-order valence-electron chi connectivity index (χ3n) is 4.98. The van der Waals surface area contributed by atoms with E-state index >= 15 is 0 Å². The van der Waals surface area contributed by atoms with Gasteiger partial charge in [0.15, 0.2) is 6.61 Å². The summed E-state index contributed by atoms with van der Waals surface area (Å²) in [6, 6.07) is 13.3. The largest absolute Gasteiger partial charge is 0.481 e. The van der Waals surface area contributed by atoms with E-state index in [9.17, 15) is 9.59 Å². The third kappa shape index (κ3) is 4.09. The zero-order chi connectivity index (χ0) is 20.4. The van der Waals surface area contributed by atoms with E-state index in [1.54, 1.807) is 17.0 Å². The molecule has 4 rings (SSSR count). The first-order valence-corrected chi connectivity index (χ1v) is 9.58. The standard InChI is InChI=1S/C22H24N4O3/c1-25(2)9-10-26-19-8-7-16(12-20(19)29-14-22(26)28)24-21(27)11-15-13-23-18-6-4-3-5-17(15)18/h3-8,12-13,23H,9-11,14H2,1-2H3,(H,24,27). The maximum absolute atomic E-state index is 12.5. The highest BCUT2D eigenvalue weighted by Crippen LogP contribution is 2.34. The number of ether oxygens (including phenoxy) is 1. The predicted molar refractivity (Wildman–Crippen MR) is 113 cm³/mol. The van der Waals surface area contributed by atoms with Crippen LogP contribution in [0, 0.1) is 0 Å². The molecule has 29 heavy (non-hydrogen) atoms. The summed E-state index contributed by atoms with van der Waals surface area (Å²) >= 11 is 0. The summed E-state index contributed by atoms with van der Waals surface area (Å²) in [7, 11) is 3.94. The van der Waals surface area contributed by atoms with Crippen LogP contribution in [0.5, 0.6) is 5.75 Å². The summed E-state index contributed by atoms with van der Waals surface area (Å²) in [5.74, 6) is 0.440. The van der Waals surface area contributed by atoms with Crippen LogP contribution in [0.2, 0.25) is 0 Å². The molecule has 0 saturated heterocycles. The second-order valence-corrected chi connectivity index (χ2v) is 7.40. The SMILES string of the molecule is CN(C)CCN1C(=O)COc2cc(NC(=O)Cc3c[nH]c4ccccc34)ccc21. The lowest BCUT2D eigenvalue weighted by molar-refractivity contribution is -0.121. The normalized spacial score (nSPS) is 13.5. The van der Waals surface area contributed by atoms with Crippen molar-refractivity contribution in [2.75, 3.05) is 44.0 Å². The Hall–Kier alpha value is -3.32. The number of aromatic nitrogens is 1. The van der Waals surface area contributed by atoms with E-state index < -0.39 is 0 Å². The first-order chi connectivity index (χ1) is 14.0. The van der Waals surface area contributed by atoms with E-state index in [-0.39, 0.29) is 24.8 Å². The van der Waals surface area contributed by atoms with E-state index in [0.29, 0.717) is 18.0 Å². The minimum atomic E-state index is -0.106. The van der Waals surface area contributed by atoms with Gasteiger partial charge in [-0.05, 0) is 37.9 Å². The Bertz CT molecular complexity index is 1060. The highest BCUT2D eigenvalue weighted by molar-refractivity contribution is 5.99. The lowest BCUT2D eigenvalue weighted by Gasteiger charge is -2.30. The fourth-order valence-electron chi connectivity index (χ4n) is 3.48. The Morgan fingerprint density at radius 1 is 1.24 bits per heavy atom. The molecule has 0 spiro atoms. The number of aromatic amines is 1. The lowest BCUT2D eigenvalue weighted by atomic mass is 10.1. The lowest BCUT2D eigenvalue weighted by Crippen LogP contribution is -2.42. The number of amides is 2. The molecule has 7 nitrogen and oxygen atoms in total. The van der Waals surface area contributed by atoms with Crippen molar-refractivity contribution >= 4 is 34.1 Å². The van der Waals surface area contributed by atoms with Crippen LogP contribution in [0.4, 0.5) is 11.4 Å². The van der Waals surface area contributed by atoms with Crippen LogP contribution in [0.1, 0.15) is 5.56 Å². The van der Waals surface area contributed by atoms with E-state index in [0.717, 1.165) is 28.7 Å². The average Bonchev–Trinajstić information content (AvgIpc) is 3.10. The zero-order valence-electron chi connectivity index (χ0n) is 16.6. The number of nitrogens with zero attached hydrogens (tertiary/aromatic N) is 2. The number of anilines is 2. The minimum absolute atomic E-state index is 0.00711. The second-order valence-electron chi connectivity index (χ2n) is 7.40. The Balaban J connectivity index is 1.47. The molecule has 1 aromatic heterocycles. The van der Waals surface area contributed by atoms with Gasteiger partial charge in [-0.2, -0.15) is 0 Å². The highest BCUT2D eigenvalue weighted by atomic mass is 16.5. The highest BCUT2D eigenvalue weighted by Gasteiger charge is 2.25. The summed E-state index contributed by atoms with van der Waals surface area (Å²) in [4.78, 5) is 31.7. The number of benzene rings is 2. The van der Waals surface area contributed by atoms with Crippen molar-refractivity contribution in [1.29, 1.82) is 0 Å². The molecule has 0 unspecified atom stereocenters. The number of hydrogen-bond donors (Lipinski definition) is 2. The Morgan fingerprint density at radius 2 is 2.07 bits per heavy atom. The number of likely N-dealkylation sites (N-methyl/N-ethyl adjacent to an activating group) is 1. The van der Waals surface area contributed by atoms with E-state index in [1.165, 1.54) is 0 Å². The summed E-state index contributed by atoms with van der Waals surface area (Å²) in [5.41, 5.74) is 3.35. The second kappa shape index (κ2) is 7.97. The smallest absolute Gasteiger partial charge is 0.265 e. The molecule has 1 aliphatic rings. The van der Waals surface area contributed by atoms with Gasteiger partial charge in [-0.1, -0.05) is 18.2 Å². The number of rotatable bonds is 6. The molecule has 2 N–H and O–H groups in total. The molecule has 3 aromatic rings. The Morgan fingerprint density at radius 3 is 2.90 bits per heavy atom. The third-order valence-corrected chi connectivity index (χ3v) is 4.98. The number of nitrogens with one attached hydrogen (secondary N) is 2. The molecule has 2 heterocycles. The van der Waals surface area contributed by atoms with Gasteiger partial charge >= 0.3 is 0 Å². The van der Waals surface area contributed by atoms with Crippen molar-refractivity contribution in [2.45, 2.75) is 6.42 Å². The summed E-state index contributed by atoms with van der Waals surface area (Å²) in [6.07, 6.45) is 2.14.